The van der Waals surface area contributed by atoms with E-state index in [9.17, 15) is 4.79 Å². The summed E-state index contributed by atoms with van der Waals surface area (Å²) in [4.78, 5) is 12.0. The van der Waals surface area contributed by atoms with Crippen molar-refractivity contribution in [1.82, 2.24) is 0 Å². The minimum absolute atomic E-state index is 0.0742. The van der Waals surface area contributed by atoms with Crippen LogP contribution in [-0.2, 0) is 4.74 Å². The fraction of sp³-hybridized carbons (Fsp3) is 0.562. The molecule has 0 radical (unpaired) electrons. The van der Waals surface area contributed by atoms with Gasteiger partial charge in [-0.15, -0.1) is 0 Å². The highest BCUT2D eigenvalue weighted by atomic mass is 16.5. The summed E-state index contributed by atoms with van der Waals surface area (Å²) in [5, 5.41) is 0. The van der Waals surface area contributed by atoms with Crippen LogP contribution in [0.2, 0.25) is 0 Å². The Balaban J connectivity index is 2.48. The molecule has 0 aromatic heterocycles. The Hall–Kier alpha value is -1.15. The Morgan fingerprint density at radius 2 is 1.89 bits per heavy atom. The third-order valence-corrected chi connectivity index (χ3v) is 2.92. The maximum Gasteiger partial charge on any atom is 0.188 e. The van der Waals surface area contributed by atoms with Crippen molar-refractivity contribution in [2.24, 2.45) is 5.41 Å². The van der Waals surface area contributed by atoms with E-state index in [4.69, 9.17) is 4.74 Å². The van der Waals surface area contributed by atoms with Gasteiger partial charge in [0.25, 0.3) is 0 Å². The quantitative estimate of drug-likeness (QED) is 0.583. The third-order valence-electron chi connectivity index (χ3n) is 2.92. The Morgan fingerprint density at radius 3 is 2.50 bits per heavy atom. The van der Waals surface area contributed by atoms with Gasteiger partial charge in [-0.2, -0.15) is 0 Å². The molecule has 0 aliphatic rings. The van der Waals surface area contributed by atoms with E-state index in [2.05, 4.69) is 20.8 Å². The second-order valence-electron chi connectivity index (χ2n) is 6.10. The van der Waals surface area contributed by atoms with Crippen LogP contribution in [0.3, 0.4) is 0 Å². The minimum atomic E-state index is 0.0742. The zero-order valence-corrected chi connectivity index (χ0v) is 12.2. The fourth-order valence-electron chi connectivity index (χ4n) is 1.66. The number of hydrogen-bond donors (Lipinski definition) is 0. The predicted octanol–water partition coefficient (Wildman–Crippen LogP) is 3.94. The van der Waals surface area contributed by atoms with E-state index < -0.39 is 0 Å². The standard InChI is InChI=1S/C16H24O2/c1-12-6-7-13(2)14(10-12)15(17)11-18-9-8-16(3,4)5/h6-7,10H,8-9,11H2,1-5H3. The zero-order chi connectivity index (χ0) is 13.8. The van der Waals surface area contributed by atoms with Gasteiger partial charge in [0, 0.05) is 12.2 Å². The summed E-state index contributed by atoms with van der Waals surface area (Å²) in [5.74, 6) is 0.0742. The second-order valence-corrected chi connectivity index (χ2v) is 6.10. The molecule has 2 heteroatoms. The van der Waals surface area contributed by atoms with E-state index in [1.807, 2.05) is 32.0 Å². The average molecular weight is 248 g/mol. The average Bonchev–Trinajstić information content (AvgIpc) is 2.26. The topological polar surface area (TPSA) is 26.3 Å². The molecule has 0 amide bonds. The summed E-state index contributed by atoms with van der Waals surface area (Å²) in [6.45, 7) is 11.3. The van der Waals surface area contributed by atoms with Crippen molar-refractivity contribution in [3.05, 3.63) is 34.9 Å². The van der Waals surface area contributed by atoms with Gasteiger partial charge in [-0.25, -0.2) is 0 Å². The van der Waals surface area contributed by atoms with E-state index in [1.54, 1.807) is 0 Å². The molecule has 1 aromatic rings. The number of carbonyl (C=O) groups is 1. The normalized spacial score (nSPS) is 11.6. The van der Waals surface area contributed by atoms with Gasteiger partial charge in [-0.1, -0.05) is 38.5 Å². The lowest BCUT2D eigenvalue weighted by atomic mass is 9.93. The van der Waals surface area contributed by atoms with Crippen molar-refractivity contribution in [2.75, 3.05) is 13.2 Å². The Bertz CT molecular complexity index is 414. The Kier molecular flexibility index (Phi) is 5.09. The highest BCUT2D eigenvalue weighted by Crippen LogP contribution is 2.18. The summed E-state index contributed by atoms with van der Waals surface area (Å²) >= 11 is 0. The van der Waals surface area contributed by atoms with E-state index >= 15 is 0 Å². The van der Waals surface area contributed by atoms with Crippen molar-refractivity contribution in [1.29, 1.82) is 0 Å². The first-order valence-corrected chi connectivity index (χ1v) is 6.48. The van der Waals surface area contributed by atoms with Gasteiger partial charge in [0.2, 0.25) is 0 Å². The number of Topliss-reactive ketones (excluding diaryl/α,β-unsaturated/α-hetero) is 1. The SMILES string of the molecule is Cc1ccc(C)c(C(=O)COCCC(C)(C)C)c1. The summed E-state index contributed by atoms with van der Waals surface area (Å²) in [5.41, 5.74) is 3.16. The van der Waals surface area contributed by atoms with Crippen LogP contribution in [0.25, 0.3) is 0 Å². The number of benzene rings is 1. The highest BCUT2D eigenvalue weighted by Gasteiger charge is 2.12. The van der Waals surface area contributed by atoms with Crippen LogP contribution in [0.5, 0.6) is 0 Å². The van der Waals surface area contributed by atoms with Gasteiger partial charge in [0.1, 0.15) is 6.61 Å². The molecular formula is C16H24O2. The van der Waals surface area contributed by atoms with Crippen LogP contribution in [0.4, 0.5) is 0 Å². The minimum Gasteiger partial charge on any atom is -0.373 e. The molecule has 0 aliphatic carbocycles. The molecule has 18 heavy (non-hydrogen) atoms. The number of carbonyl (C=O) groups excluding carboxylic acids is 1. The van der Waals surface area contributed by atoms with Crippen molar-refractivity contribution in [3.63, 3.8) is 0 Å². The van der Waals surface area contributed by atoms with Gasteiger partial charge in [0.15, 0.2) is 5.78 Å². The number of ether oxygens (including phenoxy) is 1. The van der Waals surface area contributed by atoms with E-state index in [1.165, 1.54) is 0 Å². The monoisotopic (exact) mass is 248 g/mol. The lowest BCUT2D eigenvalue weighted by Crippen LogP contribution is -2.15. The zero-order valence-electron chi connectivity index (χ0n) is 12.2. The van der Waals surface area contributed by atoms with Gasteiger partial charge in [-0.05, 0) is 37.3 Å². The Morgan fingerprint density at radius 1 is 1.22 bits per heavy atom. The number of hydrogen-bond acceptors (Lipinski definition) is 2. The molecule has 1 aromatic carbocycles. The lowest BCUT2D eigenvalue weighted by molar-refractivity contribution is 0.0705. The van der Waals surface area contributed by atoms with Gasteiger partial charge in [-0.3, -0.25) is 4.79 Å². The van der Waals surface area contributed by atoms with Gasteiger partial charge in [0.05, 0.1) is 0 Å². The molecule has 0 saturated heterocycles. The van der Waals surface area contributed by atoms with Gasteiger partial charge >= 0.3 is 0 Å². The first kappa shape index (κ1) is 14.9. The van der Waals surface area contributed by atoms with E-state index in [0.717, 1.165) is 23.1 Å². The van der Waals surface area contributed by atoms with Crippen molar-refractivity contribution in [2.45, 2.75) is 41.0 Å². The molecule has 0 aliphatic heterocycles. The smallest absolute Gasteiger partial charge is 0.188 e. The van der Waals surface area contributed by atoms with Crippen molar-refractivity contribution in [3.8, 4) is 0 Å². The molecule has 0 N–H and O–H groups in total. The van der Waals surface area contributed by atoms with Crippen molar-refractivity contribution < 1.29 is 9.53 Å². The highest BCUT2D eigenvalue weighted by molar-refractivity contribution is 5.98. The molecule has 1 rings (SSSR count). The molecule has 0 bridgehead atoms. The molecule has 0 unspecified atom stereocenters. The first-order valence-electron chi connectivity index (χ1n) is 6.48. The van der Waals surface area contributed by atoms with E-state index in [0.29, 0.717) is 6.61 Å². The molecule has 0 spiro atoms. The van der Waals surface area contributed by atoms with Crippen molar-refractivity contribution >= 4 is 5.78 Å². The number of rotatable bonds is 5. The summed E-state index contributed by atoms with van der Waals surface area (Å²) in [6, 6.07) is 5.94. The third kappa shape index (κ3) is 5.01. The van der Waals surface area contributed by atoms with Crippen LogP contribution in [0, 0.1) is 19.3 Å². The second kappa shape index (κ2) is 6.14. The van der Waals surface area contributed by atoms with Crippen LogP contribution >= 0.6 is 0 Å². The Labute approximate surface area is 110 Å². The summed E-state index contributed by atoms with van der Waals surface area (Å²) in [6.07, 6.45) is 0.965. The largest absolute Gasteiger partial charge is 0.373 e. The molecule has 0 saturated carbocycles. The predicted molar refractivity (Wildman–Crippen MR) is 75.1 cm³/mol. The number of ketones is 1. The fourth-order valence-corrected chi connectivity index (χ4v) is 1.66. The molecule has 2 nitrogen and oxygen atoms in total. The molecule has 0 fully saturated rings. The first-order chi connectivity index (χ1) is 8.29. The molecule has 100 valence electrons. The van der Waals surface area contributed by atoms with Crippen LogP contribution in [0.15, 0.2) is 18.2 Å². The maximum atomic E-state index is 12.0. The molecule has 0 atom stereocenters. The van der Waals surface area contributed by atoms with Crippen LogP contribution < -0.4 is 0 Å². The van der Waals surface area contributed by atoms with Gasteiger partial charge < -0.3 is 4.74 Å². The lowest BCUT2D eigenvalue weighted by Gasteiger charge is -2.17. The van der Waals surface area contributed by atoms with E-state index in [-0.39, 0.29) is 17.8 Å². The van der Waals surface area contributed by atoms with Crippen LogP contribution in [-0.4, -0.2) is 19.0 Å². The van der Waals surface area contributed by atoms with Crippen LogP contribution in [0.1, 0.15) is 48.7 Å². The summed E-state index contributed by atoms with van der Waals surface area (Å²) in [7, 11) is 0. The molecular weight excluding hydrogens is 224 g/mol. The number of aryl methyl sites for hydroxylation is 2. The summed E-state index contributed by atoms with van der Waals surface area (Å²) < 4.78 is 5.47. The maximum absolute atomic E-state index is 12.0. The molecule has 0 heterocycles.